The molecule has 0 atom stereocenters. The summed E-state index contributed by atoms with van der Waals surface area (Å²) < 4.78 is 0. The molecular formula is C20H18N2OS. The monoisotopic (exact) mass is 334 g/mol. The molecule has 2 aromatic carbocycles. The number of hydrogen-bond acceptors (Lipinski definition) is 3. The minimum Gasteiger partial charge on any atom is -0.367 e. The summed E-state index contributed by atoms with van der Waals surface area (Å²) in [6.45, 7) is 2.01. The second-order valence-corrected chi connectivity index (χ2v) is 6.91. The van der Waals surface area contributed by atoms with Crippen LogP contribution in [0.15, 0.2) is 66.0 Å². The van der Waals surface area contributed by atoms with Gasteiger partial charge in [-0.15, -0.1) is 11.3 Å². The van der Waals surface area contributed by atoms with Crippen molar-refractivity contribution in [2.24, 2.45) is 0 Å². The maximum atomic E-state index is 12.2. The molecule has 1 aromatic heterocycles. The Hall–Kier alpha value is -2.59. The fourth-order valence-corrected chi connectivity index (χ4v) is 3.91. The van der Waals surface area contributed by atoms with Crippen molar-refractivity contribution in [3.05, 3.63) is 82.0 Å². The Morgan fingerprint density at radius 2 is 1.79 bits per heavy atom. The van der Waals surface area contributed by atoms with Crippen LogP contribution >= 0.6 is 11.3 Å². The van der Waals surface area contributed by atoms with E-state index < -0.39 is 0 Å². The van der Waals surface area contributed by atoms with Crippen molar-refractivity contribution in [1.82, 2.24) is 0 Å². The van der Waals surface area contributed by atoms with Crippen LogP contribution in [0, 0.1) is 0 Å². The lowest BCUT2D eigenvalue weighted by Crippen LogP contribution is -2.29. The third kappa shape index (κ3) is 3.05. The number of benzene rings is 2. The molecule has 0 unspecified atom stereocenters. The summed E-state index contributed by atoms with van der Waals surface area (Å²) in [7, 11) is 0. The molecule has 24 heavy (non-hydrogen) atoms. The first-order valence-corrected chi connectivity index (χ1v) is 8.94. The van der Waals surface area contributed by atoms with Crippen molar-refractivity contribution in [1.29, 1.82) is 0 Å². The average molecular weight is 334 g/mol. The van der Waals surface area contributed by atoms with E-state index in [1.165, 1.54) is 16.1 Å². The molecule has 0 radical (unpaired) electrons. The van der Waals surface area contributed by atoms with Crippen molar-refractivity contribution in [3.8, 4) is 0 Å². The van der Waals surface area contributed by atoms with E-state index in [0.717, 1.165) is 25.2 Å². The molecule has 120 valence electrons. The molecule has 1 amide bonds. The van der Waals surface area contributed by atoms with Crippen LogP contribution < -0.4 is 10.2 Å². The lowest BCUT2D eigenvalue weighted by molar-refractivity contribution is 0.102. The van der Waals surface area contributed by atoms with Gasteiger partial charge in [0.2, 0.25) is 0 Å². The third-order valence-electron chi connectivity index (χ3n) is 4.33. The van der Waals surface area contributed by atoms with E-state index >= 15 is 0 Å². The zero-order chi connectivity index (χ0) is 16.4. The number of amides is 1. The molecule has 1 aliphatic heterocycles. The fourth-order valence-electron chi connectivity index (χ4n) is 3.02. The molecule has 0 spiro atoms. The number of hydrogen-bond donors (Lipinski definition) is 1. The maximum absolute atomic E-state index is 12.2. The van der Waals surface area contributed by atoms with Gasteiger partial charge in [-0.3, -0.25) is 4.79 Å². The molecule has 0 saturated carbocycles. The smallest absolute Gasteiger partial charge is 0.255 e. The van der Waals surface area contributed by atoms with Crippen LogP contribution in [-0.2, 0) is 13.0 Å². The van der Waals surface area contributed by atoms with Gasteiger partial charge in [-0.1, -0.05) is 18.2 Å². The van der Waals surface area contributed by atoms with Gasteiger partial charge in [-0.25, -0.2) is 0 Å². The number of rotatable bonds is 3. The van der Waals surface area contributed by atoms with Crippen LogP contribution in [0.5, 0.6) is 0 Å². The average Bonchev–Trinajstić information content (AvgIpc) is 3.11. The minimum absolute atomic E-state index is 0.0794. The van der Waals surface area contributed by atoms with E-state index in [-0.39, 0.29) is 5.91 Å². The summed E-state index contributed by atoms with van der Waals surface area (Å²) in [5.41, 5.74) is 4.13. The molecule has 3 nitrogen and oxygen atoms in total. The van der Waals surface area contributed by atoms with Crippen LogP contribution in [0.25, 0.3) is 0 Å². The lowest BCUT2D eigenvalue weighted by Gasteiger charge is -2.29. The van der Waals surface area contributed by atoms with Crippen molar-refractivity contribution in [3.63, 3.8) is 0 Å². The van der Waals surface area contributed by atoms with Crippen LogP contribution in [-0.4, -0.2) is 12.5 Å². The number of carbonyl (C=O) groups excluding carboxylic acids is 1. The summed E-state index contributed by atoms with van der Waals surface area (Å²) in [5.74, 6) is -0.0794. The number of anilines is 2. The highest BCUT2D eigenvalue weighted by Crippen LogP contribution is 2.28. The van der Waals surface area contributed by atoms with Gasteiger partial charge in [0.05, 0.1) is 0 Å². The summed E-state index contributed by atoms with van der Waals surface area (Å²) in [6, 6.07) is 19.6. The van der Waals surface area contributed by atoms with E-state index in [1.807, 2.05) is 53.8 Å². The van der Waals surface area contributed by atoms with Crippen LogP contribution in [0.1, 0.15) is 20.8 Å². The normalized spacial score (nSPS) is 13.4. The highest BCUT2D eigenvalue weighted by molar-refractivity contribution is 7.10. The zero-order valence-electron chi connectivity index (χ0n) is 13.2. The van der Waals surface area contributed by atoms with Crippen molar-refractivity contribution >= 4 is 28.6 Å². The van der Waals surface area contributed by atoms with Crippen molar-refractivity contribution in [2.45, 2.75) is 13.0 Å². The van der Waals surface area contributed by atoms with Gasteiger partial charge in [0.1, 0.15) is 0 Å². The van der Waals surface area contributed by atoms with Gasteiger partial charge in [-0.2, -0.15) is 0 Å². The second-order valence-electron chi connectivity index (χ2n) is 5.91. The molecule has 4 heteroatoms. The number of nitrogens with zero attached hydrogens (tertiary/aromatic N) is 1. The fraction of sp³-hybridized carbons (Fsp3) is 0.150. The Bertz CT molecular complexity index is 840. The molecule has 0 bridgehead atoms. The highest BCUT2D eigenvalue weighted by Gasteiger charge is 2.17. The molecular weight excluding hydrogens is 316 g/mol. The number of nitrogens with one attached hydrogen (secondary N) is 1. The summed E-state index contributed by atoms with van der Waals surface area (Å²) in [4.78, 5) is 16.1. The van der Waals surface area contributed by atoms with Gasteiger partial charge in [0.15, 0.2) is 0 Å². The Kier molecular flexibility index (Phi) is 4.05. The van der Waals surface area contributed by atoms with Crippen molar-refractivity contribution < 1.29 is 4.79 Å². The van der Waals surface area contributed by atoms with Crippen molar-refractivity contribution in [2.75, 3.05) is 16.8 Å². The first-order valence-electron chi connectivity index (χ1n) is 8.06. The maximum Gasteiger partial charge on any atom is 0.255 e. The van der Waals surface area contributed by atoms with E-state index in [9.17, 15) is 4.79 Å². The molecule has 1 aliphatic rings. The summed E-state index contributed by atoms with van der Waals surface area (Å²) >= 11 is 1.86. The number of carbonyl (C=O) groups is 1. The van der Waals surface area contributed by atoms with Gasteiger partial charge in [-0.05, 0) is 59.8 Å². The molecule has 4 rings (SSSR count). The van der Waals surface area contributed by atoms with E-state index in [4.69, 9.17) is 0 Å². The Morgan fingerprint density at radius 1 is 1.00 bits per heavy atom. The quantitative estimate of drug-likeness (QED) is 0.761. The Labute approximate surface area is 145 Å². The number of fused-ring (bicyclic) bond motifs is 1. The lowest BCUT2D eigenvalue weighted by atomic mass is 10.1. The first kappa shape index (κ1) is 15.0. The predicted molar refractivity (Wildman–Crippen MR) is 99.9 cm³/mol. The van der Waals surface area contributed by atoms with E-state index in [0.29, 0.717) is 5.56 Å². The Morgan fingerprint density at radius 3 is 2.58 bits per heavy atom. The Balaban J connectivity index is 1.45. The van der Waals surface area contributed by atoms with Crippen LogP contribution in [0.4, 0.5) is 11.4 Å². The summed E-state index contributed by atoms with van der Waals surface area (Å²) in [5, 5.41) is 5.12. The van der Waals surface area contributed by atoms with E-state index in [2.05, 4.69) is 33.8 Å². The van der Waals surface area contributed by atoms with Crippen LogP contribution in [0.2, 0.25) is 0 Å². The summed E-state index contributed by atoms with van der Waals surface area (Å²) in [6.07, 6.45) is 1.11. The molecule has 0 aliphatic carbocycles. The van der Waals surface area contributed by atoms with E-state index in [1.54, 1.807) is 0 Å². The second kappa shape index (κ2) is 6.49. The molecule has 3 aromatic rings. The highest BCUT2D eigenvalue weighted by atomic mass is 32.1. The molecule has 0 fully saturated rings. The minimum atomic E-state index is -0.0794. The SMILES string of the molecule is O=C(Nc1ccc(N2CCc3sccc3C2)cc1)c1ccccc1. The zero-order valence-corrected chi connectivity index (χ0v) is 14.1. The third-order valence-corrected chi connectivity index (χ3v) is 5.36. The van der Waals surface area contributed by atoms with Gasteiger partial charge in [0.25, 0.3) is 5.91 Å². The standard InChI is InChI=1S/C20H18N2OS/c23-20(15-4-2-1-3-5-15)21-17-6-8-18(9-7-17)22-12-10-19-16(14-22)11-13-24-19/h1-9,11,13H,10,12,14H2,(H,21,23). The molecule has 1 N–H and O–H groups in total. The van der Waals surface area contributed by atoms with Gasteiger partial charge < -0.3 is 10.2 Å². The number of thiophene rings is 1. The van der Waals surface area contributed by atoms with Gasteiger partial charge >= 0.3 is 0 Å². The molecule has 2 heterocycles. The molecule has 0 saturated heterocycles. The van der Waals surface area contributed by atoms with Crippen LogP contribution in [0.3, 0.4) is 0 Å². The predicted octanol–water partition coefficient (Wildman–Crippen LogP) is 4.56. The van der Waals surface area contributed by atoms with Gasteiger partial charge in [0, 0.05) is 34.9 Å². The largest absolute Gasteiger partial charge is 0.367 e. The topological polar surface area (TPSA) is 32.3 Å². The first-order chi connectivity index (χ1) is 11.8.